The number of aliphatic carboxylic acids is 1. The average Bonchev–Trinajstić information content (AvgIpc) is 2.36. The van der Waals surface area contributed by atoms with Gasteiger partial charge in [-0.2, -0.15) is 0 Å². The molecule has 0 spiro atoms. The predicted octanol–water partition coefficient (Wildman–Crippen LogP) is 3.09. The molecule has 1 rings (SSSR count). The van der Waals surface area contributed by atoms with Gasteiger partial charge in [-0.05, 0) is 38.0 Å². The number of carbonyl (C=O) groups is 2. The standard InChI is InChI=1S/C15H20BrNO3/c1-11(2)17(9-8-15(19)20)14(18)7-6-12-4-3-5-13(16)10-12/h3-5,10-11H,6-9H2,1-2H3,(H,19,20). The van der Waals surface area contributed by atoms with E-state index in [-0.39, 0.29) is 24.9 Å². The minimum atomic E-state index is -0.879. The number of amides is 1. The average molecular weight is 342 g/mol. The first-order chi connectivity index (χ1) is 9.40. The number of carbonyl (C=O) groups excluding carboxylic acids is 1. The molecule has 1 aromatic carbocycles. The number of benzene rings is 1. The fourth-order valence-corrected chi connectivity index (χ4v) is 2.42. The van der Waals surface area contributed by atoms with Crippen LogP contribution >= 0.6 is 15.9 Å². The molecular formula is C15H20BrNO3. The van der Waals surface area contributed by atoms with Crippen LogP contribution in [0.4, 0.5) is 0 Å². The summed E-state index contributed by atoms with van der Waals surface area (Å²) < 4.78 is 0.994. The van der Waals surface area contributed by atoms with Crippen LogP contribution in [0, 0.1) is 0 Å². The van der Waals surface area contributed by atoms with E-state index in [1.54, 1.807) is 4.90 Å². The number of hydrogen-bond acceptors (Lipinski definition) is 2. The Morgan fingerprint density at radius 2 is 2.00 bits per heavy atom. The van der Waals surface area contributed by atoms with Crippen LogP contribution in [0.25, 0.3) is 0 Å². The Balaban J connectivity index is 2.55. The minimum absolute atomic E-state index is 0.00113. The molecule has 0 aliphatic heterocycles. The molecule has 0 saturated heterocycles. The van der Waals surface area contributed by atoms with Crippen molar-refractivity contribution in [1.82, 2.24) is 4.90 Å². The van der Waals surface area contributed by atoms with Gasteiger partial charge in [0, 0.05) is 23.5 Å². The zero-order valence-corrected chi connectivity index (χ0v) is 13.4. The second-order valence-electron chi connectivity index (χ2n) is 4.95. The zero-order chi connectivity index (χ0) is 15.1. The van der Waals surface area contributed by atoms with Gasteiger partial charge in [0.2, 0.25) is 5.91 Å². The van der Waals surface area contributed by atoms with Gasteiger partial charge in [0.1, 0.15) is 0 Å². The van der Waals surface area contributed by atoms with Crippen LogP contribution in [0.5, 0.6) is 0 Å². The quantitative estimate of drug-likeness (QED) is 0.828. The molecule has 4 nitrogen and oxygen atoms in total. The van der Waals surface area contributed by atoms with Crippen molar-refractivity contribution in [3.05, 3.63) is 34.3 Å². The Kier molecular flexibility index (Phi) is 6.71. The molecular weight excluding hydrogens is 322 g/mol. The van der Waals surface area contributed by atoms with Crippen molar-refractivity contribution in [2.45, 2.75) is 39.2 Å². The molecule has 0 aromatic heterocycles. The van der Waals surface area contributed by atoms with E-state index in [1.807, 2.05) is 38.1 Å². The van der Waals surface area contributed by atoms with E-state index in [9.17, 15) is 9.59 Å². The maximum absolute atomic E-state index is 12.2. The van der Waals surface area contributed by atoms with Gasteiger partial charge < -0.3 is 10.0 Å². The summed E-state index contributed by atoms with van der Waals surface area (Å²) >= 11 is 3.40. The van der Waals surface area contributed by atoms with Gasteiger partial charge in [0.05, 0.1) is 6.42 Å². The van der Waals surface area contributed by atoms with Crippen LogP contribution in [0.1, 0.15) is 32.3 Å². The molecule has 0 aliphatic rings. The van der Waals surface area contributed by atoms with E-state index < -0.39 is 5.97 Å². The number of carboxylic acids is 1. The van der Waals surface area contributed by atoms with Gasteiger partial charge in [0.25, 0.3) is 0 Å². The first kappa shape index (κ1) is 16.7. The van der Waals surface area contributed by atoms with Gasteiger partial charge >= 0.3 is 5.97 Å². The van der Waals surface area contributed by atoms with E-state index in [2.05, 4.69) is 15.9 Å². The Morgan fingerprint density at radius 3 is 2.55 bits per heavy atom. The Labute approximate surface area is 127 Å². The molecule has 0 radical (unpaired) electrons. The highest BCUT2D eigenvalue weighted by molar-refractivity contribution is 9.10. The third-order valence-corrected chi connectivity index (χ3v) is 3.52. The summed E-state index contributed by atoms with van der Waals surface area (Å²) in [7, 11) is 0. The van der Waals surface area contributed by atoms with E-state index in [4.69, 9.17) is 5.11 Å². The highest BCUT2D eigenvalue weighted by Gasteiger charge is 2.17. The Hall–Kier alpha value is -1.36. The molecule has 110 valence electrons. The molecule has 0 heterocycles. The molecule has 20 heavy (non-hydrogen) atoms. The first-order valence-corrected chi connectivity index (χ1v) is 7.45. The monoisotopic (exact) mass is 341 g/mol. The van der Waals surface area contributed by atoms with Crippen molar-refractivity contribution in [2.24, 2.45) is 0 Å². The van der Waals surface area contributed by atoms with Crippen LogP contribution < -0.4 is 0 Å². The van der Waals surface area contributed by atoms with Gasteiger partial charge in [-0.1, -0.05) is 28.1 Å². The highest BCUT2D eigenvalue weighted by Crippen LogP contribution is 2.14. The summed E-state index contributed by atoms with van der Waals surface area (Å²) in [4.78, 5) is 24.4. The van der Waals surface area contributed by atoms with Crippen LogP contribution in [-0.2, 0) is 16.0 Å². The Morgan fingerprint density at radius 1 is 1.30 bits per heavy atom. The van der Waals surface area contributed by atoms with E-state index >= 15 is 0 Å². The van der Waals surface area contributed by atoms with E-state index in [1.165, 1.54) is 0 Å². The molecule has 1 N–H and O–H groups in total. The van der Waals surface area contributed by atoms with Crippen molar-refractivity contribution in [3.8, 4) is 0 Å². The molecule has 0 unspecified atom stereocenters. The molecule has 0 atom stereocenters. The summed E-state index contributed by atoms with van der Waals surface area (Å²) in [5.41, 5.74) is 1.09. The summed E-state index contributed by atoms with van der Waals surface area (Å²) in [6.45, 7) is 4.07. The largest absolute Gasteiger partial charge is 0.481 e. The van der Waals surface area contributed by atoms with E-state index in [0.29, 0.717) is 12.8 Å². The topological polar surface area (TPSA) is 57.6 Å². The lowest BCUT2D eigenvalue weighted by molar-refractivity contribution is -0.139. The Bertz CT molecular complexity index is 474. The maximum Gasteiger partial charge on any atom is 0.305 e. The van der Waals surface area contributed by atoms with E-state index in [0.717, 1.165) is 10.0 Å². The van der Waals surface area contributed by atoms with Gasteiger partial charge in [-0.25, -0.2) is 0 Å². The van der Waals surface area contributed by atoms with Crippen molar-refractivity contribution in [1.29, 1.82) is 0 Å². The molecule has 0 bridgehead atoms. The summed E-state index contributed by atoms with van der Waals surface area (Å²) in [5, 5.41) is 8.72. The molecule has 5 heteroatoms. The lowest BCUT2D eigenvalue weighted by Gasteiger charge is -2.26. The van der Waals surface area contributed by atoms with Crippen LogP contribution in [0.15, 0.2) is 28.7 Å². The maximum atomic E-state index is 12.2. The number of aryl methyl sites for hydroxylation is 1. The number of rotatable bonds is 7. The minimum Gasteiger partial charge on any atom is -0.481 e. The lowest BCUT2D eigenvalue weighted by atomic mass is 10.1. The molecule has 1 amide bonds. The summed E-state index contributed by atoms with van der Waals surface area (Å²) in [6, 6.07) is 7.87. The number of hydrogen-bond donors (Lipinski definition) is 1. The molecule has 0 saturated carbocycles. The second-order valence-corrected chi connectivity index (χ2v) is 5.87. The van der Waals surface area contributed by atoms with Crippen LogP contribution in [0.2, 0.25) is 0 Å². The lowest BCUT2D eigenvalue weighted by Crippen LogP contribution is -2.38. The summed E-state index contributed by atoms with van der Waals surface area (Å²) in [5.74, 6) is -0.878. The third-order valence-electron chi connectivity index (χ3n) is 3.03. The summed E-state index contributed by atoms with van der Waals surface area (Å²) in [6.07, 6.45) is 1.05. The van der Waals surface area contributed by atoms with Gasteiger partial charge in [0.15, 0.2) is 0 Å². The fourth-order valence-electron chi connectivity index (χ4n) is 1.97. The smallest absolute Gasteiger partial charge is 0.305 e. The van der Waals surface area contributed by atoms with Crippen molar-refractivity contribution >= 4 is 27.8 Å². The third kappa shape index (κ3) is 5.74. The van der Waals surface area contributed by atoms with Crippen molar-refractivity contribution in [3.63, 3.8) is 0 Å². The highest BCUT2D eigenvalue weighted by atomic mass is 79.9. The zero-order valence-electron chi connectivity index (χ0n) is 11.8. The normalized spacial score (nSPS) is 10.6. The van der Waals surface area contributed by atoms with Crippen molar-refractivity contribution < 1.29 is 14.7 Å². The SMILES string of the molecule is CC(C)N(CCC(=O)O)C(=O)CCc1cccc(Br)c1. The van der Waals surface area contributed by atoms with Gasteiger partial charge in [-0.3, -0.25) is 9.59 Å². The van der Waals surface area contributed by atoms with Crippen LogP contribution in [-0.4, -0.2) is 34.5 Å². The second kappa shape index (κ2) is 8.04. The number of nitrogens with zero attached hydrogens (tertiary/aromatic N) is 1. The molecule has 1 aromatic rings. The predicted molar refractivity (Wildman–Crippen MR) is 81.6 cm³/mol. The van der Waals surface area contributed by atoms with Crippen molar-refractivity contribution in [2.75, 3.05) is 6.54 Å². The molecule has 0 aliphatic carbocycles. The van der Waals surface area contributed by atoms with Gasteiger partial charge in [-0.15, -0.1) is 0 Å². The molecule has 0 fully saturated rings. The first-order valence-electron chi connectivity index (χ1n) is 6.66. The number of carboxylic acid groups (broad SMARTS) is 1. The fraction of sp³-hybridized carbons (Fsp3) is 0.467. The van der Waals surface area contributed by atoms with Crippen LogP contribution in [0.3, 0.4) is 0 Å². The number of halogens is 1.